The van der Waals surface area contributed by atoms with E-state index in [4.69, 9.17) is 4.74 Å². The van der Waals surface area contributed by atoms with Gasteiger partial charge in [-0.05, 0) is 56.6 Å². The van der Waals surface area contributed by atoms with Crippen LogP contribution in [-0.2, 0) is 4.74 Å². The van der Waals surface area contributed by atoms with Gasteiger partial charge in [0.25, 0.3) is 0 Å². The van der Waals surface area contributed by atoms with Crippen LogP contribution in [0.15, 0.2) is 36.4 Å². The molecule has 22 heavy (non-hydrogen) atoms. The van der Waals surface area contributed by atoms with Crippen molar-refractivity contribution in [1.82, 2.24) is 4.90 Å². The highest BCUT2D eigenvalue weighted by Crippen LogP contribution is 2.38. The largest absolute Gasteiger partial charge is 0.444 e. The van der Waals surface area contributed by atoms with Gasteiger partial charge in [-0.3, -0.25) is 0 Å². The van der Waals surface area contributed by atoms with Gasteiger partial charge in [0.15, 0.2) is 0 Å². The van der Waals surface area contributed by atoms with Crippen molar-refractivity contribution < 1.29 is 9.53 Å². The van der Waals surface area contributed by atoms with E-state index in [1.165, 1.54) is 17.6 Å². The Balaban J connectivity index is 1.71. The number of amides is 1. The third-order valence-electron chi connectivity index (χ3n) is 4.31. The van der Waals surface area contributed by atoms with Gasteiger partial charge in [-0.15, -0.1) is 0 Å². The molecule has 1 aliphatic carbocycles. The van der Waals surface area contributed by atoms with E-state index in [0.29, 0.717) is 11.8 Å². The first kappa shape index (κ1) is 15.1. The molecule has 1 aromatic rings. The first-order chi connectivity index (χ1) is 10.4. The molecule has 0 spiro atoms. The van der Waals surface area contributed by atoms with Gasteiger partial charge in [-0.2, -0.15) is 0 Å². The topological polar surface area (TPSA) is 29.5 Å². The summed E-state index contributed by atoms with van der Waals surface area (Å²) in [6.45, 7) is 7.35. The zero-order valence-corrected chi connectivity index (χ0v) is 13.7. The fraction of sp³-hybridized carbons (Fsp3) is 0.526. The van der Waals surface area contributed by atoms with Gasteiger partial charge in [0.1, 0.15) is 5.60 Å². The molecule has 1 aliphatic heterocycles. The van der Waals surface area contributed by atoms with Crippen molar-refractivity contribution in [2.75, 3.05) is 13.1 Å². The standard InChI is InChI=1S/C19H25NO2/c1-19(2,3)22-18(21)20-12-14-9-15(13-20)11-17(10-14)16-7-5-4-6-8-16/h4-8,10,14-15H,9,11-13H2,1-3H3. The fourth-order valence-corrected chi connectivity index (χ4v) is 3.52. The third-order valence-corrected chi connectivity index (χ3v) is 4.31. The molecule has 0 N–H and O–H groups in total. The van der Waals surface area contributed by atoms with Crippen molar-refractivity contribution in [3.63, 3.8) is 0 Å². The molecule has 1 aromatic carbocycles. The lowest BCUT2D eigenvalue weighted by Crippen LogP contribution is -2.46. The number of piperidine rings is 1. The van der Waals surface area contributed by atoms with E-state index in [-0.39, 0.29) is 6.09 Å². The summed E-state index contributed by atoms with van der Waals surface area (Å²) in [5.41, 5.74) is 2.34. The Hall–Kier alpha value is -1.77. The number of likely N-dealkylation sites (tertiary alicyclic amines) is 1. The molecule has 1 fully saturated rings. The van der Waals surface area contributed by atoms with E-state index in [0.717, 1.165) is 19.5 Å². The molecule has 3 heteroatoms. The smallest absolute Gasteiger partial charge is 0.410 e. The molecular formula is C19H25NO2. The molecule has 0 radical (unpaired) electrons. The first-order valence-corrected chi connectivity index (χ1v) is 8.15. The molecule has 1 amide bonds. The van der Waals surface area contributed by atoms with E-state index in [1.54, 1.807) is 0 Å². The van der Waals surface area contributed by atoms with Crippen molar-refractivity contribution in [2.45, 2.75) is 39.2 Å². The number of ether oxygens (including phenoxy) is 1. The average Bonchev–Trinajstić information content (AvgIpc) is 2.45. The second-order valence-electron chi connectivity index (χ2n) is 7.51. The van der Waals surface area contributed by atoms with Crippen molar-refractivity contribution in [2.24, 2.45) is 11.8 Å². The minimum Gasteiger partial charge on any atom is -0.444 e. The van der Waals surface area contributed by atoms with Gasteiger partial charge in [-0.25, -0.2) is 4.79 Å². The fourth-order valence-electron chi connectivity index (χ4n) is 3.52. The van der Waals surface area contributed by atoms with Gasteiger partial charge in [0.05, 0.1) is 0 Å². The van der Waals surface area contributed by atoms with Crippen LogP contribution in [0.25, 0.3) is 5.57 Å². The summed E-state index contributed by atoms with van der Waals surface area (Å²) in [6.07, 6.45) is 4.44. The number of carbonyl (C=O) groups excluding carboxylic acids is 1. The Bertz CT molecular complexity index is 571. The van der Waals surface area contributed by atoms with Crippen LogP contribution in [0.4, 0.5) is 4.79 Å². The third kappa shape index (κ3) is 3.52. The van der Waals surface area contributed by atoms with Crippen LogP contribution in [-0.4, -0.2) is 29.7 Å². The highest BCUT2D eigenvalue weighted by atomic mass is 16.6. The number of fused-ring (bicyclic) bond motifs is 2. The maximum Gasteiger partial charge on any atom is 0.410 e. The van der Waals surface area contributed by atoms with Gasteiger partial charge >= 0.3 is 6.09 Å². The Morgan fingerprint density at radius 3 is 2.55 bits per heavy atom. The van der Waals surface area contributed by atoms with Crippen molar-refractivity contribution in [1.29, 1.82) is 0 Å². The summed E-state index contributed by atoms with van der Waals surface area (Å²) in [5.74, 6) is 1.00. The monoisotopic (exact) mass is 299 g/mol. The highest BCUT2D eigenvalue weighted by molar-refractivity contribution is 5.70. The summed E-state index contributed by atoms with van der Waals surface area (Å²) in [7, 11) is 0. The first-order valence-electron chi connectivity index (χ1n) is 8.15. The molecule has 0 saturated carbocycles. The zero-order valence-electron chi connectivity index (χ0n) is 13.7. The number of nitrogens with zero attached hydrogens (tertiary/aromatic N) is 1. The van der Waals surface area contributed by atoms with E-state index >= 15 is 0 Å². The Morgan fingerprint density at radius 2 is 1.91 bits per heavy atom. The average molecular weight is 299 g/mol. The Kier molecular flexibility index (Phi) is 3.98. The van der Waals surface area contributed by atoms with Gasteiger partial charge in [0, 0.05) is 13.1 Å². The molecule has 3 rings (SSSR count). The predicted octanol–water partition coefficient (Wildman–Crippen LogP) is 4.35. The highest BCUT2D eigenvalue weighted by Gasteiger charge is 2.34. The second-order valence-corrected chi connectivity index (χ2v) is 7.51. The normalized spacial score (nSPS) is 24.7. The maximum atomic E-state index is 12.3. The van der Waals surface area contributed by atoms with Crippen LogP contribution >= 0.6 is 0 Å². The maximum absolute atomic E-state index is 12.3. The van der Waals surface area contributed by atoms with Crippen LogP contribution in [0.2, 0.25) is 0 Å². The van der Waals surface area contributed by atoms with Crippen LogP contribution < -0.4 is 0 Å². The van der Waals surface area contributed by atoms with Crippen LogP contribution in [0.3, 0.4) is 0 Å². The lowest BCUT2D eigenvalue weighted by molar-refractivity contribution is 0.0121. The molecule has 0 aromatic heterocycles. The van der Waals surface area contributed by atoms with E-state index < -0.39 is 5.60 Å². The zero-order chi connectivity index (χ0) is 15.7. The Labute approximate surface area is 133 Å². The van der Waals surface area contributed by atoms with Crippen molar-refractivity contribution in [3.8, 4) is 0 Å². The van der Waals surface area contributed by atoms with Crippen LogP contribution in [0.5, 0.6) is 0 Å². The quantitative estimate of drug-likeness (QED) is 0.771. The second kappa shape index (κ2) is 5.79. The predicted molar refractivity (Wildman–Crippen MR) is 88.4 cm³/mol. The van der Waals surface area contributed by atoms with Crippen LogP contribution in [0.1, 0.15) is 39.2 Å². The molecule has 2 unspecified atom stereocenters. The summed E-state index contributed by atoms with van der Waals surface area (Å²) in [6, 6.07) is 10.6. The van der Waals surface area contributed by atoms with Crippen molar-refractivity contribution >= 4 is 11.7 Å². The molecule has 2 atom stereocenters. The molecule has 1 heterocycles. The molecule has 2 bridgehead atoms. The molecular weight excluding hydrogens is 274 g/mol. The summed E-state index contributed by atoms with van der Waals surface area (Å²) >= 11 is 0. The minimum absolute atomic E-state index is 0.168. The number of allylic oxidation sites excluding steroid dienone is 1. The SMILES string of the molecule is CC(C)(C)OC(=O)N1CC2C=C(c3ccccc3)CC(C2)C1. The van der Waals surface area contributed by atoms with Gasteiger partial charge in [-0.1, -0.05) is 36.4 Å². The number of benzene rings is 1. The van der Waals surface area contributed by atoms with Gasteiger partial charge < -0.3 is 9.64 Å². The van der Waals surface area contributed by atoms with Crippen molar-refractivity contribution in [3.05, 3.63) is 42.0 Å². The lowest BCUT2D eigenvalue weighted by Gasteiger charge is -2.40. The van der Waals surface area contributed by atoms with Gasteiger partial charge in [0.2, 0.25) is 0 Å². The minimum atomic E-state index is -0.422. The summed E-state index contributed by atoms with van der Waals surface area (Å²) < 4.78 is 5.52. The molecule has 2 aliphatic rings. The van der Waals surface area contributed by atoms with Crippen LogP contribution in [0, 0.1) is 11.8 Å². The van der Waals surface area contributed by atoms with E-state index in [2.05, 4.69) is 36.4 Å². The summed E-state index contributed by atoms with van der Waals surface area (Å²) in [4.78, 5) is 14.2. The van der Waals surface area contributed by atoms with E-state index in [9.17, 15) is 4.79 Å². The van der Waals surface area contributed by atoms with E-state index in [1.807, 2.05) is 25.7 Å². The number of hydrogen-bond donors (Lipinski definition) is 0. The molecule has 1 saturated heterocycles. The molecule has 3 nitrogen and oxygen atoms in total. The number of rotatable bonds is 1. The lowest BCUT2D eigenvalue weighted by atomic mass is 9.77. The molecule has 118 valence electrons. The number of hydrogen-bond acceptors (Lipinski definition) is 2. The summed E-state index contributed by atoms with van der Waals surface area (Å²) in [5, 5.41) is 0. The number of carbonyl (C=O) groups is 1. The Morgan fingerprint density at radius 1 is 1.18 bits per heavy atom.